The molecule has 0 saturated heterocycles. The summed E-state index contributed by atoms with van der Waals surface area (Å²) in [7, 11) is 0. The topological polar surface area (TPSA) is 48.7 Å². The third-order valence-corrected chi connectivity index (χ3v) is 2.65. The fourth-order valence-electron chi connectivity index (χ4n) is 1.62. The van der Waals surface area contributed by atoms with Crippen LogP contribution >= 0.6 is 0 Å². The van der Waals surface area contributed by atoms with Crippen LogP contribution in [0.25, 0.3) is 0 Å². The summed E-state index contributed by atoms with van der Waals surface area (Å²) in [6.07, 6.45) is -2.83. The van der Waals surface area contributed by atoms with Crippen LogP contribution in [-0.4, -0.2) is 4.98 Å². The number of nitriles is 1. The maximum absolute atomic E-state index is 12.4. The highest BCUT2D eigenvalue weighted by Gasteiger charge is 2.29. The lowest BCUT2D eigenvalue weighted by atomic mass is 10.1. The van der Waals surface area contributed by atoms with E-state index < -0.39 is 11.7 Å². The normalized spacial score (nSPS) is 10.9. The van der Waals surface area contributed by atoms with Gasteiger partial charge >= 0.3 is 6.18 Å². The molecule has 20 heavy (non-hydrogen) atoms. The molecule has 0 aliphatic rings. The predicted octanol–water partition coefficient (Wildman–Crippen LogP) is 3.58. The third-order valence-electron chi connectivity index (χ3n) is 2.65. The fourth-order valence-corrected chi connectivity index (χ4v) is 1.62. The van der Waals surface area contributed by atoms with Crippen molar-refractivity contribution in [1.82, 2.24) is 4.98 Å². The number of hydrogen-bond acceptors (Lipinski definition) is 3. The monoisotopic (exact) mass is 277 g/mol. The summed E-state index contributed by atoms with van der Waals surface area (Å²) in [6.45, 7) is 0.368. The van der Waals surface area contributed by atoms with E-state index in [0.717, 1.165) is 12.1 Å². The Labute approximate surface area is 113 Å². The Hall–Kier alpha value is -2.55. The SMILES string of the molecule is N#Cc1cc(NCc2ccc(C(F)(F)F)cc2)ccn1. The largest absolute Gasteiger partial charge is 0.416 e. The van der Waals surface area contributed by atoms with Gasteiger partial charge < -0.3 is 5.32 Å². The van der Waals surface area contributed by atoms with Crippen LogP contribution in [-0.2, 0) is 12.7 Å². The molecule has 1 heterocycles. The van der Waals surface area contributed by atoms with Crippen molar-refractivity contribution in [1.29, 1.82) is 5.26 Å². The summed E-state index contributed by atoms with van der Waals surface area (Å²) in [5, 5.41) is 11.7. The number of nitrogens with zero attached hydrogens (tertiary/aromatic N) is 2. The lowest BCUT2D eigenvalue weighted by Crippen LogP contribution is -2.05. The summed E-state index contributed by atoms with van der Waals surface area (Å²) in [4.78, 5) is 3.83. The van der Waals surface area contributed by atoms with E-state index in [0.29, 0.717) is 17.8 Å². The van der Waals surface area contributed by atoms with E-state index in [1.54, 1.807) is 12.1 Å². The zero-order valence-electron chi connectivity index (χ0n) is 10.3. The molecular formula is C14H10F3N3. The first-order valence-corrected chi connectivity index (χ1v) is 5.75. The third kappa shape index (κ3) is 3.48. The quantitative estimate of drug-likeness (QED) is 0.932. The van der Waals surface area contributed by atoms with Gasteiger partial charge in [0.1, 0.15) is 11.8 Å². The summed E-state index contributed by atoms with van der Waals surface area (Å²) in [6, 6.07) is 10.1. The van der Waals surface area contributed by atoms with E-state index in [2.05, 4.69) is 10.3 Å². The number of halogens is 3. The van der Waals surface area contributed by atoms with E-state index >= 15 is 0 Å². The Balaban J connectivity index is 2.02. The Morgan fingerprint density at radius 2 is 1.85 bits per heavy atom. The van der Waals surface area contributed by atoms with Crippen molar-refractivity contribution < 1.29 is 13.2 Å². The maximum atomic E-state index is 12.4. The van der Waals surface area contributed by atoms with E-state index in [1.165, 1.54) is 18.3 Å². The van der Waals surface area contributed by atoms with Gasteiger partial charge in [-0.15, -0.1) is 0 Å². The van der Waals surface area contributed by atoms with Crippen LogP contribution in [0.15, 0.2) is 42.6 Å². The van der Waals surface area contributed by atoms with Gasteiger partial charge in [-0.05, 0) is 29.8 Å². The summed E-state index contributed by atoms with van der Waals surface area (Å²) >= 11 is 0. The van der Waals surface area contributed by atoms with Gasteiger partial charge in [0.2, 0.25) is 0 Å². The minimum Gasteiger partial charge on any atom is -0.381 e. The standard InChI is InChI=1S/C14H10F3N3/c15-14(16,17)11-3-1-10(2-4-11)9-20-12-5-6-19-13(7-12)8-18/h1-7H,9H2,(H,19,20). The van der Waals surface area contributed by atoms with Crippen molar-refractivity contribution >= 4 is 5.69 Å². The van der Waals surface area contributed by atoms with E-state index in [4.69, 9.17) is 5.26 Å². The van der Waals surface area contributed by atoms with Gasteiger partial charge in [-0.1, -0.05) is 12.1 Å². The number of benzene rings is 1. The van der Waals surface area contributed by atoms with E-state index in [1.807, 2.05) is 6.07 Å². The van der Waals surface area contributed by atoms with Crippen LogP contribution < -0.4 is 5.32 Å². The molecule has 0 radical (unpaired) electrons. The molecule has 2 rings (SSSR count). The lowest BCUT2D eigenvalue weighted by molar-refractivity contribution is -0.137. The molecule has 2 aromatic rings. The Bertz CT molecular complexity index is 627. The summed E-state index contributed by atoms with van der Waals surface area (Å²) in [5.41, 5.74) is 1.02. The second-order valence-electron chi connectivity index (χ2n) is 4.09. The molecule has 0 amide bonds. The number of alkyl halides is 3. The molecule has 0 spiro atoms. The molecule has 0 aliphatic carbocycles. The van der Waals surface area contributed by atoms with Gasteiger partial charge in [-0.25, -0.2) is 4.98 Å². The zero-order valence-corrected chi connectivity index (χ0v) is 10.3. The second kappa shape index (κ2) is 5.61. The number of pyridine rings is 1. The maximum Gasteiger partial charge on any atom is 0.416 e. The number of nitrogens with one attached hydrogen (secondary N) is 1. The molecule has 0 atom stereocenters. The first kappa shape index (κ1) is 13.9. The average molecular weight is 277 g/mol. The van der Waals surface area contributed by atoms with Crippen LogP contribution in [0.3, 0.4) is 0 Å². The van der Waals surface area contributed by atoms with Crippen LogP contribution in [0, 0.1) is 11.3 Å². The number of hydrogen-bond donors (Lipinski definition) is 1. The summed E-state index contributed by atoms with van der Waals surface area (Å²) < 4.78 is 37.2. The van der Waals surface area contributed by atoms with E-state index in [-0.39, 0.29) is 5.69 Å². The first-order chi connectivity index (χ1) is 9.49. The smallest absolute Gasteiger partial charge is 0.381 e. The minimum absolute atomic E-state index is 0.280. The average Bonchev–Trinajstić information content (AvgIpc) is 2.45. The number of rotatable bonds is 3. The Morgan fingerprint density at radius 3 is 2.45 bits per heavy atom. The van der Waals surface area contributed by atoms with Crippen molar-refractivity contribution in [2.24, 2.45) is 0 Å². The van der Waals surface area contributed by atoms with Crippen molar-refractivity contribution in [3.8, 4) is 6.07 Å². The second-order valence-corrected chi connectivity index (χ2v) is 4.09. The minimum atomic E-state index is -4.32. The van der Waals surface area contributed by atoms with Crippen LogP contribution in [0.4, 0.5) is 18.9 Å². The van der Waals surface area contributed by atoms with Crippen molar-refractivity contribution in [2.45, 2.75) is 12.7 Å². The molecule has 0 bridgehead atoms. The van der Waals surface area contributed by atoms with Crippen LogP contribution in [0.1, 0.15) is 16.8 Å². The molecule has 0 fully saturated rings. The highest BCUT2D eigenvalue weighted by molar-refractivity contribution is 5.46. The molecule has 3 nitrogen and oxygen atoms in total. The molecule has 1 aromatic heterocycles. The molecule has 0 aliphatic heterocycles. The highest BCUT2D eigenvalue weighted by atomic mass is 19.4. The van der Waals surface area contributed by atoms with Gasteiger partial charge in [0.05, 0.1) is 5.56 Å². The molecule has 102 valence electrons. The predicted molar refractivity (Wildman–Crippen MR) is 67.7 cm³/mol. The molecule has 6 heteroatoms. The van der Waals surface area contributed by atoms with Gasteiger partial charge in [-0.2, -0.15) is 18.4 Å². The van der Waals surface area contributed by atoms with Gasteiger partial charge in [0.25, 0.3) is 0 Å². The lowest BCUT2D eigenvalue weighted by Gasteiger charge is -2.09. The van der Waals surface area contributed by atoms with Crippen molar-refractivity contribution in [3.05, 3.63) is 59.4 Å². The number of anilines is 1. The molecule has 0 unspecified atom stereocenters. The molecule has 0 saturated carbocycles. The van der Waals surface area contributed by atoms with Gasteiger partial charge in [-0.3, -0.25) is 0 Å². The first-order valence-electron chi connectivity index (χ1n) is 5.75. The van der Waals surface area contributed by atoms with Gasteiger partial charge in [0, 0.05) is 18.4 Å². The Morgan fingerprint density at radius 1 is 1.15 bits per heavy atom. The van der Waals surface area contributed by atoms with Crippen molar-refractivity contribution in [2.75, 3.05) is 5.32 Å². The molecule has 1 N–H and O–H groups in total. The zero-order chi connectivity index (χ0) is 14.6. The van der Waals surface area contributed by atoms with Crippen LogP contribution in [0.2, 0.25) is 0 Å². The fraction of sp³-hybridized carbons (Fsp3) is 0.143. The number of aromatic nitrogens is 1. The Kier molecular flexibility index (Phi) is 3.89. The molecular weight excluding hydrogens is 267 g/mol. The molecule has 1 aromatic carbocycles. The van der Waals surface area contributed by atoms with Gasteiger partial charge in [0.15, 0.2) is 0 Å². The van der Waals surface area contributed by atoms with E-state index in [9.17, 15) is 13.2 Å². The highest BCUT2D eigenvalue weighted by Crippen LogP contribution is 2.29. The van der Waals surface area contributed by atoms with Crippen LogP contribution in [0.5, 0.6) is 0 Å². The summed E-state index contributed by atoms with van der Waals surface area (Å²) in [5.74, 6) is 0. The van der Waals surface area contributed by atoms with Crippen molar-refractivity contribution in [3.63, 3.8) is 0 Å².